The molecule has 1 atom stereocenters. The molecule has 2 amide bonds. The Bertz CT molecular complexity index is 638. The average Bonchev–Trinajstić information content (AvgIpc) is 3.06. The van der Waals surface area contributed by atoms with Gasteiger partial charge in [0.1, 0.15) is 17.4 Å². The number of amides is 2. The summed E-state index contributed by atoms with van der Waals surface area (Å²) >= 11 is 0. The van der Waals surface area contributed by atoms with Crippen LogP contribution in [0.4, 0.5) is 5.69 Å². The van der Waals surface area contributed by atoms with E-state index in [1.54, 1.807) is 0 Å². The summed E-state index contributed by atoms with van der Waals surface area (Å²) in [6.45, 7) is 1.39. The lowest BCUT2D eigenvalue weighted by atomic mass is 9.97. The Morgan fingerprint density at radius 3 is 2.46 bits per heavy atom. The van der Waals surface area contributed by atoms with Crippen LogP contribution in [0.1, 0.15) is 43.0 Å². The van der Waals surface area contributed by atoms with Gasteiger partial charge in [0, 0.05) is 18.7 Å². The Balaban J connectivity index is 2.16. The molecule has 3 N–H and O–H groups in total. The number of carboxylic acid groups (broad SMARTS) is 1. The summed E-state index contributed by atoms with van der Waals surface area (Å²) in [6, 6.07) is 3.75. The highest BCUT2D eigenvalue weighted by Crippen LogP contribution is 2.29. The molecule has 24 heavy (non-hydrogen) atoms. The maximum atomic E-state index is 12.6. The number of methoxy groups -OCH3 is 1. The van der Waals surface area contributed by atoms with E-state index in [0.29, 0.717) is 5.69 Å². The topological polar surface area (TPSA) is 105 Å². The van der Waals surface area contributed by atoms with Crippen LogP contribution in [0.2, 0.25) is 0 Å². The molecule has 1 aromatic rings. The predicted octanol–water partition coefficient (Wildman–Crippen LogP) is 2.03. The lowest BCUT2D eigenvalue weighted by molar-refractivity contribution is -0.126. The number of ether oxygens (including phenoxy) is 1. The highest BCUT2D eigenvalue weighted by atomic mass is 16.5. The zero-order chi connectivity index (χ0) is 17.7. The molecular weight excluding hydrogens is 312 g/mol. The second-order valence-corrected chi connectivity index (χ2v) is 5.93. The highest BCUT2D eigenvalue weighted by molar-refractivity contribution is 5.98. The fourth-order valence-electron chi connectivity index (χ4n) is 3.07. The third kappa shape index (κ3) is 4.24. The molecule has 1 fully saturated rings. The minimum Gasteiger partial charge on any atom is -0.496 e. The van der Waals surface area contributed by atoms with Crippen molar-refractivity contribution >= 4 is 23.5 Å². The normalized spacial score (nSPS) is 15.6. The van der Waals surface area contributed by atoms with E-state index in [2.05, 4.69) is 10.6 Å². The third-order valence-corrected chi connectivity index (χ3v) is 4.21. The number of rotatable bonds is 6. The number of carboxylic acids is 1. The first-order chi connectivity index (χ1) is 11.4. The Kier molecular flexibility index (Phi) is 5.78. The van der Waals surface area contributed by atoms with Crippen LogP contribution in [-0.4, -0.2) is 36.0 Å². The van der Waals surface area contributed by atoms with Gasteiger partial charge in [0.2, 0.25) is 11.8 Å². The molecule has 0 spiro atoms. The van der Waals surface area contributed by atoms with Gasteiger partial charge < -0.3 is 20.5 Å². The van der Waals surface area contributed by atoms with Crippen molar-refractivity contribution in [1.29, 1.82) is 0 Å². The van der Waals surface area contributed by atoms with Crippen molar-refractivity contribution in [2.45, 2.75) is 38.6 Å². The van der Waals surface area contributed by atoms with E-state index >= 15 is 0 Å². The van der Waals surface area contributed by atoms with E-state index in [1.807, 2.05) is 0 Å². The van der Waals surface area contributed by atoms with Gasteiger partial charge in [-0.2, -0.15) is 0 Å². The second-order valence-electron chi connectivity index (χ2n) is 5.93. The quantitative estimate of drug-likeness (QED) is 0.738. The van der Waals surface area contributed by atoms with Crippen molar-refractivity contribution in [1.82, 2.24) is 5.32 Å². The van der Waals surface area contributed by atoms with Crippen molar-refractivity contribution < 1.29 is 24.2 Å². The molecule has 0 heterocycles. The van der Waals surface area contributed by atoms with E-state index in [4.69, 9.17) is 9.84 Å². The third-order valence-electron chi connectivity index (χ3n) is 4.21. The van der Waals surface area contributed by atoms with Gasteiger partial charge in [0.15, 0.2) is 0 Å². The number of carbonyl (C=O) groups excluding carboxylic acids is 2. The fourth-order valence-corrected chi connectivity index (χ4v) is 3.07. The summed E-state index contributed by atoms with van der Waals surface area (Å²) in [7, 11) is 1.37. The van der Waals surface area contributed by atoms with Gasteiger partial charge in [0.25, 0.3) is 0 Å². The molecule has 0 aromatic heterocycles. The summed E-state index contributed by atoms with van der Waals surface area (Å²) in [5.41, 5.74) is 0.444. The Labute approximate surface area is 140 Å². The zero-order valence-corrected chi connectivity index (χ0v) is 13.8. The first-order valence-electron chi connectivity index (χ1n) is 7.91. The number of hydrogen-bond donors (Lipinski definition) is 3. The smallest absolute Gasteiger partial charge is 0.339 e. The van der Waals surface area contributed by atoms with Crippen LogP contribution in [-0.2, 0) is 9.59 Å². The molecule has 7 heteroatoms. The van der Waals surface area contributed by atoms with E-state index in [0.717, 1.165) is 25.7 Å². The summed E-state index contributed by atoms with van der Waals surface area (Å²) in [4.78, 5) is 35.1. The molecule has 7 nitrogen and oxygen atoms in total. The van der Waals surface area contributed by atoms with Crippen LogP contribution in [0.15, 0.2) is 18.2 Å². The predicted molar refractivity (Wildman–Crippen MR) is 88.1 cm³/mol. The summed E-state index contributed by atoms with van der Waals surface area (Å²) < 4.78 is 5.05. The molecule has 1 saturated carbocycles. The molecule has 0 bridgehead atoms. The van der Waals surface area contributed by atoms with Gasteiger partial charge in [-0.1, -0.05) is 12.8 Å². The molecular formula is C17H22N2O5. The summed E-state index contributed by atoms with van der Waals surface area (Å²) in [5.74, 6) is -1.37. The SMILES string of the molecule is COc1cc(NC(=O)C(NC(C)=O)C2CCCC2)ccc1C(=O)O. The van der Waals surface area contributed by atoms with Crippen molar-refractivity contribution in [2.75, 3.05) is 12.4 Å². The lowest BCUT2D eigenvalue weighted by Crippen LogP contribution is -2.47. The van der Waals surface area contributed by atoms with Gasteiger partial charge in [-0.25, -0.2) is 4.79 Å². The van der Waals surface area contributed by atoms with Crippen LogP contribution in [0.5, 0.6) is 5.75 Å². The molecule has 1 unspecified atom stereocenters. The monoisotopic (exact) mass is 334 g/mol. The van der Waals surface area contributed by atoms with Crippen molar-refractivity contribution in [3.8, 4) is 5.75 Å². The maximum absolute atomic E-state index is 12.6. The Morgan fingerprint density at radius 1 is 1.25 bits per heavy atom. The summed E-state index contributed by atoms with van der Waals surface area (Å²) in [6.07, 6.45) is 3.91. The van der Waals surface area contributed by atoms with Gasteiger partial charge in [-0.15, -0.1) is 0 Å². The zero-order valence-electron chi connectivity index (χ0n) is 13.8. The van der Waals surface area contributed by atoms with E-state index in [1.165, 1.54) is 32.2 Å². The number of anilines is 1. The molecule has 1 aliphatic carbocycles. The summed E-state index contributed by atoms with van der Waals surface area (Å²) in [5, 5.41) is 14.5. The van der Waals surface area contributed by atoms with Crippen molar-refractivity contribution in [2.24, 2.45) is 5.92 Å². The van der Waals surface area contributed by atoms with E-state index < -0.39 is 12.0 Å². The van der Waals surface area contributed by atoms with Gasteiger partial charge in [0.05, 0.1) is 7.11 Å². The molecule has 0 saturated heterocycles. The fraction of sp³-hybridized carbons (Fsp3) is 0.471. The molecule has 0 radical (unpaired) electrons. The number of hydrogen-bond acceptors (Lipinski definition) is 4. The second kappa shape index (κ2) is 7.81. The van der Waals surface area contributed by atoms with E-state index in [-0.39, 0.29) is 29.0 Å². The van der Waals surface area contributed by atoms with Gasteiger partial charge >= 0.3 is 5.97 Å². The van der Waals surface area contributed by atoms with E-state index in [9.17, 15) is 14.4 Å². The minimum atomic E-state index is -1.10. The van der Waals surface area contributed by atoms with Crippen molar-refractivity contribution in [3.05, 3.63) is 23.8 Å². The van der Waals surface area contributed by atoms with Gasteiger partial charge in [-0.3, -0.25) is 9.59 Å². The molecule has 1 aliphatic rings. The van der Waals surface area contributed by atoms with Crippen LogP contribution >= 0.6 is 0 Å². The number of carbonyl (C=O) groups is 3. The highest BCUT2D eigenvalue weighted by Gasteiger charge is 2.31. The standard InChI is InChI=1S/C17H22N2O5/c1-10(20)18-15(11-5-3-4-6-11)16(21)19-12-7-8-13(17(22)23)14(9-12)24-2/h7-9,11,15H,3-6H2,1-2H3,(H,18,20)(H,19,21)(H,22,23). The number of benzene rings is 1. The first kappa shape index (κ1) is 17.8. The first-order valence-corrected chi connectivity index (χ1v) is 7.91. The average molecular weight is 334 g/mol. The van der Waals surface area contributed by atoms with Crippen LogP contribution in [0, 0.1) is 5.92 Å². The molecule has 1 aromatic carbocycles. The van der Waals surface area contributed by atoms with Crippen molar-refractivity contribution in [3.63, 3.8) is 0 Å². The number of aromatic carboxylic acids is 1. The number of nitrogens with one attached hydrogen (secondary N) is 2. The molecule has 0 aliphatic heterocycles. The maximum Gasteiger partial charge on any atom is 0.339 e. The molecule has 130 valence electrons. The Morgan fingerprint density at radius 2 is 1.92 bits per heavy atom. The van der Waals surface area contributed by atoms with Crippen LogP contribution in [0.25, 0.3) is 0 Å². The molecule has 2 rings (SSSR count). The van der Waals surface area contributed by atoms with Gasteiger partial charge in [-0.05, 0) is 30.9 Å². The largest absolute Gasteiger partial charge is 0.496 e. The Hall–Kier alpha value is -2.57. The minimum absolute atomic E-state index is 0.0182. The van der Waals surface area contributed by atoms with Crippen LogP contribution in [0.3, 0.4) is 0 Å². The van der Waals surface area contributed by atoms with Crippen LogP contribution < -0.4 is 15.4 Å². The lowest BCUT2D eigenvalue weighted by Gasteiger charge is -2.23.